The molecule has 0 aromatic heterocycles. The van der Waals surface area contributed by atoms with Crippen LogP contribution < -0.4 is 14.8 Å². The number of nitrogens with one attached hydrogen (secondary N) is 1. The van der Waals surface area contributed by atoms with Crippen LogP contribution >= 0.6 is 0 Å². The summed E-state index contributed by atoms with van der Waals surface area (Å²) in [4.78, 5) is 13.3. The molecule has 144 valence electrons. The Labute approximate surface area is 161 Å². The van der Waals surface area contributed by atoms with Gasteiger partial charge in [-0.25, -0.2) is 0 Å². The number of amides is 1. The van der Waals surface area contributed by atoms with Gasteiger partial charge in [0.15, 0.2) is 11.5 Å². The van der Waals surface area contributed by atoms with Crippen LogP contribution in [0.2, 0.25) is 0 Å². The molecule has 0 spiro atoms. The first-order chi connectivity index (χ1) is 13.1. The van der Waals surface area contributed by atoms with Crippen LogP contribution in [0.15, 0.2) is 48.5 Å². The summed E-state index contributed by atoms with van der Waals surface area (Å²) in [7, 11) is 3.26. The van der Waals surface area contributed by atoms with Gasteiger partial charge in [-0.1, -0.05) is 49.2 Å². The van der Waals surface area contributed by atoms with E-state index in [1.807, 2.05) is 36.4 Å². The van der Waals surface area contributed by atoms with Gasteiger partial charge >= 0.3 is 0 Å². The van der Waals surface area contributed by atoms with Crippen molar-refractivity contribution in [3.8, 4) is 11.5 Å². The molecule has 1 atom stereocenters. The molecule has 27 heavy (non-hydrogen) atoms. The molecule has 0 saturated heterocycles. The van der Waals surface area contributed by atoms with Crippen LogP contribution in [0, 0.1) is 0 Å². The van der Waals surface area contributed by atoms with E-state index < -0.39 is 5.41 Å². The third-order valence-corrected chi connectivity index (χ3v) is 5.59. The van der Waals surface area contributed by atoms with Gasteiger partial charge in [0.05, 0.1) is 19.6 Å². The SMILES string of the molecule is COc1ccc(C2(C(=O)N[C@@H](C)Cc3ccccc3)CCCC2)cc1OC. The van der Waals surface area contributed by atoms with E-state index in [1.54, 1.807) is 14.2 Å². The Kier molecular flexibility index (Phi) is 6.04. The number of methoxy groups -OCH3 is 2. The summed E-state index contributed by atoms with van der Waals surface area (Å²) in [5.41, 5.74) is 1.77. The van der Waals surface area contributed by atoms with Crippen molar-refractivity contribution >= 4 is 5.91 Å². The molecule has 4 heteroatoms. The minimum absolute atomic E-state index is 0.0810. The summed E-state index contributed by atoms with van der Waals surface area (Å²) in [6.45, 7) is 2.07. The molecular formula is C23H29NO3. The third kappa shape index (κ3) is 4.10. The van der Waals surface area contributed by atoms with Crippen molar-refractivity contribution in [3.63, 3.8) is 0 Å². The Bertz CT molecular complexity index is 766. The fourth-order valence-corrected chi connectivity index (χ4v) is 4.14. The first-order valence-electron chi connectivity index (χ1n) is 9.66. The Hall–Kier alpha value is -2.49. The second-order valence-electron chi connectivity index (χ2n) is 7.42. The van der Waals surface area contributed by atoms with Crippen LogP contribution in [0.3, 0.4) is 0 Å². The standard InChI is InChI=1S/C23H29NO3/c1-17(15-18-9-5-4-6-10-18)24-22(25)23(13-7-8-14-23)19-11-12-20(26-2)21(16-19)27-3/h4-6,9-12,16-17H,7-8,13-15H2,1-3H3,(H,24,25)/t17-/m0/s1. The van der Waals surface area contributed by atoms with Crippen molar-refractivity contribution in [2.24, 2.45) is 0 Å². The molecule has 1 aliphatic carbocycles. The summed E-state index contributed by atoms with van der Waals surface area (Å²) in [5, 5.41) is 3.26. The Morgan fingerprint density at radius 1 is 1.04 bits per heavy atom. The Morgan fingerprint density at radius 2 is 1.70 bits per heavy atom. The highest BCUT2D eigenvalue weighted by Gasteiger charge is 2.43. The van der Waals surface area contributed by atoms with Crippen molar-refractivity contribution in [2.75, 3.05) is 14.2 Å². The summed E-state index contributed by atoms with van der Waals surface area (Å²) < 4.78 is 10.8. The highest BCUT2D eigenvalue weighted by Crippen LogP contribution is 2.44. The molecular weight excluding hydrogens is 338 g/mol. The highest BCUT2D eigenvalue weighted by molar-refractivity contribution is 5.89. The maximum absolute atomic E-state index is 13.3. The van der Waals surface area contributed by atoms with Crippen LogP contribution in [0.1, 0.15) is 43.7 Å². The minimum Gasteiger partial charge on any atom is -0.493 e. The normalized spacial score (nSPS) is 16.6. The smallest absolute Gasteiger partial charge is 0.230 e. The van der Waals surface area contributed by atoms with E-state index in [0.717, 1.165) is 37.7 Å². The van der Waals surface area contributed by atoms with E-state index in [-0.39, 0.29) is 11.9 Å². The molecule has 0 heterocycles. The minimum atomic E-state index is -0.482. The molecule has 1 N–H and O–H groups in total. The lowest BCUT2D eigenvalue weighted by atomic mass is 9.77. The molecule has 1 aliphatic rings. The van der Waals surface area contributed by atoms with E-state index >= 15 is 0 Å². The molecule has 1 amide bonds. The van der Waals surface area contributed by atoms with Gasteiger partial charge in [-0.15, -0.1) is 0 Å². The van der Waals surface area contributed by atoms with Crippen molar-refractivity contribution < 1.29 is 14.3 Å². The van der Waals surface area contributed by atoms with Gasteiger partial charge in [0, 0.05) is 6.04 Å². The molecule has 4 nitrogen and oxygen atoms in total. The zero-order valence-electron chi connectivity index (χ0n) is 16.5. The Morgan fingerprint density at radius 3 is 2.33 bits per heavy atom. The summed E-state index contributed by atoms with van der Waals surface area (Å²) in [5.74, 6) is 1.48. The monoisotopic (exact) mass is 367 g/mol. The van der Waals surface area contributed by atoms with E-state index in [4.69, 9.17) is 9.47 Å². The molecule has 0 bridgehead atoms. The maximum Gasteiger partial charge on any atom is 0.230 e. The van der Waals surface area contributed by atoms with Crippen LogP contribution in [-0.4, -0.2) is 26.2 Å². The number of hydrogen-bond donors (Lipinski definition) is 1. The molecule has 0 radical (unpaired) electrons. The van der Waals surface area contributed by atoms with Gasteiger partial charge in [0.2, 0.25) is 5.91 Å². The first kappa shape index (κ1) is 19.3. The van der Waals surface area contributed by atoms with Crippen LogP contribution in [0.5, 0.6) is 11.5 Å². The number of benzene rings is 2. The first-order valence-corrected chi connectivity index (χ1v) is 9.66. The number of carbonyl (C=O) groups is 1. The van der Waals surface area contributed by atoms with Gasteiger partial charge in [0.1, 0.15) is 0 Å². The highest BCUT2D eigenvalue weighted by atomic mass is 16.5. The molecule has 3 rings (SSSR count). The van der Waals surface area contributed by atoms with Gasteiger partial charge in [-0.2, -0.15) is 0 Å². The van der Waals surface area contributed by atoms with Crippen molar-refractivity contribution in [3.05, 3.63) is 59.7 Å². The lowest BCUT2D eigenvalue weighted by molar-refractivity contribution is -0.127. The van der Waals surface area contributed by atoms with E-state index in [9.17, 15) is 4.79 Å². The Balaban J connectivity index is 1.80. The van der Waals surface area contributed by atoms with E-state index in [2.05, 4.69) is 24.4 Å². The summed E-state index contributed by atoms with van der Waals surface area (Å²) in [6.07, 6.45) is 4.69. The van der Waals surface area contributed by atoms with Crippen LogP contribution in [0.25, 0.3) is 0 Å². The average Bonchev–Trinajstić information content (AvgIpc) is 3.19. The predicted molar refractivity (Wildman–Crippen MR) is 107 cm³/mol. The van der Waals surface area contributed by atoms with Crippen molar-refractivity contribution in [1.29, 1.82) is 0 Å². The van der Waals surface area contributed by atoms with E-state index in [0.29, 0.717) is 11.5 Å². The average molecular weight is 367 g/mol. The summed E-state index contributed by atoms with van der Waals surface area (Å²) in [6, 6.07) is 16.2. The van der Waals surface area contributed by atoms with Crippen LogP contribution in [0.4, 0.5) is 0 Å². The third-order valence-electron chi connectivity index (χ3n) is 5.59. The lowest BCUT2D eigenvalue weighted by Crippen LogP contribution is -2.46. The van der Waals surface area contributed by atoms with Gasteiger partial charge in [0.25, 0.3) is 0 Å². The van der Waals surface area contributed by atoms with Crippen molar-refractivity contribution in [1.82, 2.24) is 5.32 Å². The molecule has 0 aliphatic heterocycles. The van der Waals surface area contributed by atoms with Gasteiger partial charge < -0.3 is 14.8 Å². The van der Waals surface area contributed by atoms with Crippen molar-refractivity contribution in [2.45, 2.75) is 50.5 Å². The van der Waals surface area contributed by atoms with Gasteiger partial charge in [-0.3, -0.25) is 4.79 Å². The predicted octanol–water partition coefficient (Wildman–Crippen LogP) is 4.26. The number of rotatable bonds is 7. The fourth-order valence-electron chi connectivity index (χ4n) is 4.14. The lowest BCUT2D eigenvalue weighted by Gasteiger charge is -2.30. The molecule has 0 unspecified atom stereocenters. The largest absolute Gasteiger partial charge is 0.493 e. The van der Waals surface area contributed by atoms with Gasteiger partial charge in [-0.05, 0) is 49.4 Å². The number of carbonyl (C=O) groups excluding carboxylic acids is 1. The fraction of sp³-hybridized carbons (Fsp3) is 0.435. The van der Waals surface area contributed by atoms with E-state index in [1.165, 1.54) is 5.56 Å². The number of hydrogen-bond acceptors (Lipinski definition) is 3. The maximum atomic E-state index is 13.3. The number of ether oxygens (including phenoxy) is 2. The second-order valence-corrected chi connectivity index (χ2v) is 7.42. The molecule has 1 saturated carbocycles. The summed E-state index contributed by atoms with van der Waals surface area (Å²) >= 11 is 0. The quantitative estimate of drug-likeness (QED) is 0.795. The second kappa shape index (κ2) is 8.47. The molecule has 2 aromatic carbocycles. The van der Waals surface area contributed by atoms with Crippen LogP contribution in [-0.2, 0) is 16.6 Å². The topological polar surface area (TPSA) is 47.6 Å². The molecule has 2 aromatic rings. The zero-order chi connectivity index (χ0) is 19.3. The zero-order valence-corrected chi connectivity index (χ0v) is 16.5. The molecule has 1 fully saturated rings.